The van der Waals surface area contributed by atoms with Crippen LogP contribution in [0, 0.1) is 0 Å². The highest BCUT2D eigenvalue weighted by molar-refractivity contribution is 5.86. The highest BCUT2D eigenvalue weighted by atomic mass is 16.5. The zero-order valence-electron chi connectivity index (χ0n) is 13.8. The van der Waals surface area contributed by atoms with Crippen LogP contribution in [0.4, 0.5) is 0 Å². The van der Waals surface area contributed by atoms with Gasteiger partial charge in [0.25, 0.3) is 0 Å². The van der Waals surface area contributed by atoms with E-state index in [1.54, 1.807) is 14.2 Å². The van der Waals surface area contributed by atoms with E-state index in [0.29, 0.717) is 19.0 Å². The number of amides is 1. The Hall–Kier alpha value is -2.24. The smallest absolute Gasteiger partial charge is 0.239 e. The fraction of sp³-hybridized carbons (Fsp3) is 0.500. The van der Waals surface area contributed by atoms with Gasteiger partial charge < -0.3 is 20.3 Å². The number of carbonyl (C=O) groups is 1. The number of guanidine groups is 1. The van der Waals surface area contributed by atoms with E-state index < -0.39 is 0 Å². The van der Waals surface area contributed by atoms with Crippen molar-refractivity contribution in [3.05, 3.63) is 29.8 Å². The normalized spacial score (nSPS) is 11.0. The van der Waals surface area contributed by atoms with Gasteiger partial charge in [0.05, 0.1) is 13.7 Å². The summed E-state index contributed by atoms with van der Waals surface area (Å²) in [5.41, 5.74) is 1.06. The molecule has 0 aliphatic rings. The van der Waals surface area contributed by atoms with Crippen LogP contribution in [0.2, 0.25) is 0 Å². The summed E-state index contributed by atoms with van der Waals surface area (Å²) in [6.45, 7) is 3.56. The van der Waals surface area contributed by atoms with Gasteiger partial charge in [0, 0.05) is 32.7 Å². The quantitative estimate of drug-likeness (QED) is 0.587. The highest BCUT2D eigenvalue weighted by Gasteiger charge is 2.10. The molecule has 0 saturated carbocycles. The molecule has 0 atom stereocenters. The summed E-state index contributed by atoms with van der Waals surface area (Å²) in [7, 11) is 5.28. The number of benzene rings is 1. The molecule has 0 spiro atoms. The van der Waals surface area contributed by atoms with Gasteiger partial charge in [-0.1, -0.05) is 25.1 Å². The fourth-order valence-electron chi connectivity index (χ4n) is 2.03. The minimum Gasteiger partial charge on any atom is -0.496 e. The third-order valence-corrected chi connectivity index (χ3v) is 3.15. The maximum atomic E-state index is 11.6. The van der Waals surface area contributed by atoms with Crippen molar-refractivity contribution in [3.63, 3.8) is 0 Å². The molecular formula is C16H26N4O2. The molecule has 1 aromatic carbocycles. The number of hydrogen-bond donors (Lipinski definition) is 2. The van der Waals surface area contributed by atoms with Crippen molar-refractivity contribution in [1.82, 2.24) is 15.5 Å². The average Bonchev–Trinajstić information content (AvgIpc) is 2.54. The van der Waals surface area contributed by atoms with E-state index >= 15 is 0 Å². The SMILES string of the molecule is CCCNC(=O)CNC(=NC)N(C)Cc1ccccc1OC. The van der Waals surface area contributed by atoms with Crippen molar-refractivity contribution in [3.8, 4) is 5.75 Å². The monoisotopic (exact) mass is 306 g/mol. The van der Waals surface area contributed by atoms with Gasteiger partial charge in [0.2, 0.25) is 5.91 Å². The largest absolute Gasteiger partial charge is 0.496 e. The first-order valence-corrected chi connectivity index (χ1v) is 7.42. The van der Waals surface area contributed by atoms with Crippen molar-refractivity contribution in [2.45, 2.75) is 19.9 Å². The molecule has 0 heterocycles. The van der Waals surface area contributed by atoms with Gasteiger partial charge in [-0.15, -0.1) is 0 Å². The lowest BCUT2D eigenvalue weighted by Crippen LogP contribution is -2.43. The predicted molar refractivity (Wildman–Crippen MR) is 89.1 cm³/mol. The van der Waals surface area contributed by atoms with E-state index in [-0.39, 0.29) is 12.5 Å². The van der Waals surface area contributed by atoms with Gasteiger partial charge in [0.1, 0.15) is 5.75 Å². The van der Waals surface area contributed by atoms with Gasteiger partial charge in [-0.3, -0.25) is 9.79 Å². The standard InChI is InChI=1S/C16H26N4O2/c1-5-10-18-15(21)11-19-16(17-2)20(3)12-13-8-6-7-9-14(13)22-4/h6-9H,5,10-12H2,1-4H3,(H,17,19)(H,18,21). The number of rotatable bonds is 7. The van der Waals surface area contributed by atoms with E-state index in [4.69, 9.17) is 4.74 Å². The number of carbonyl (C=O) groups excluding carboxylic acids is 1. The maximum absolute atomic E-state index is 11.6. The summed E-state index contributed by atoms with van der Waals surface area (Å²) in [5, 5.41) is 5.88. The molecule has 2 N–H and O–H groups in total. The van der Waals surface area contributed by atoms with Crippen molar-refractivity contribution in [2.24, 2.45) is 4.99 Å². The number of nitrogens with one attached hydrogen (secondary N) is 2. The molecule has 0 aromatic heterocycles. The summed E-state index contributed by atoms with van der Waals surface area (Å²) in [6, 6.07) is 7.85. The predicted octanol–water partition coefficient (Wildman–Crippen LogP) is 1.23. The maximum Gasteiger partial charge on any atom is 0.239 e. The molecule has 6 heteroatoms. The minimum absolute atomic E-state index is 0.0336. The molecule has 1 aromatic rings. The van der Waals surface area contributed by atoms with Crippen LogP contribution in [0.5, 0.6) is 5.75 Å². The van der Waals surface area contributed by atoms with E-state index in [2.05, 4.69) is 15.6 Å². The fourth-order valence-corrected chi connectivity index (χ4v) is 2.03. The summed E-state index contributed by atoms with van der Waals surface area (Å²) in [4.78, 5) is 17.8. The van der Waals surface area contributed by atoms with E-state index in [0.717, 1.165) is 17.7 Å². The Balaban J connectivity index is 2.58. The first-order valence-electron chi connectivity index (χ1n) is 7.42. The van der Waals surface area contributed by atoms with Gasteiger partial charge >= 0.3 is 0 Å². The van der Waals surface area contributed by atoms with Crippen molar-refractivity contribution in [1.29, 1.82) is 0 Å². The van der Waals surface area contributed by atoms with Crippen LogP contribution >= 0.6 is 0 Å². The average molecular weight is 306 g/mol. The molecule has 1 amide bonds. The summed E-state index contributed by atoms with van der Waals surface area (Å²) < 4.78 is 5.35. The topological polar surface area (TPSA) is 66.0 Å². The first kappa shape index (κ1) is 17.8. The van der Waals surface area contributed by atoms with Crippen LogP contribution in [-0.2, 0) is 11.3 Å². The van der Waals surface area contributed by atoms with Crippen LogP contribution in [0.15, 0.2) is 29.3 Å². The lowest BCUT2D eigenvalue weighted by atomic mass is 10.2. The van der Waals surface area contributed by atoms with Crippen molar-refractivity contribution >= 4 is 11.9 Å². The summed E-state index contributed by atoms with van der Waals surface area (Å²) >= 11 is 0. The first-order chi connectivity index (χ1) is 10.6. The Morgan fingerprint density at radius 3 is 2.68 bits per heavy atom. The van der Waals surface area contributed by atoms with Crippen LogP contribution in [0.1, 0.15) is 18.9 Å². The zero-order valence-corrected chi connectivity index (χ0v) is 13.8. The van der Waals surface area contributed by atoms with Crippen LogP contribution in [0.25, 0.3) is 0 Å². The summed E-state index contributed by atoms with van der Waals surface area (Å²) in [5.74, 6) is 1.47. The molecule has 122 valence electrons. The second-order valence-corrected chi connectivity index (χ2v) is 4.92. The number of ether oxygens (including phenoxy) is 1. The Morgan fingerprint density at radius 1 is 1.32 bits per heavy atom. The Kier molecular flexibility index (Phi) is 7.81. The molecular weight excluding hydrogens is 280 g/mol. The van der Waals surface area contributed by atoms with Crippen LogP contribution < -0.4 is 15.4 Å². The number of nitrogens with zero attached hydrogens (tertiary/aromatic N) is 2. The molecule has 0 saturated heterocycles. The van der Waals surface area contributed by atoms with Gasteiger partial charge in [-0.05, 0) is 12.5 Å². The summed E-state index contributed by atoms with van der Waals surface area (Å²) in [6.07, 6.45) is 0.925. The molecule has 0 aliphatic heterocycles. The van der Waals surface area contributed by atoms with Crippen LogP contribution in [0.3, 0.4) is 0 Å². The molecule has 6 nitrogen and oxygen atoms in total. The Bertz CT molecular complexity index is 503. The van der Waals surface area contributed by atoms with E-state index in [1.165, 1.54) is 0 Å². The number of methoxy groups -OCH3 is 1. The highest BCUT2D eigenvalue weighted by Crippen LogP contribution is 2.18. The molecule has 1 rings (SSSR count). The third kappa shape index (κ3) is 5.63. The van der Waals surface area contributed by atoms with Crippen LogP contribution in [-0.4, -0.2) is 51.1 Å². The Labute approximate surface area is 132 Å². The second-order valence-electron chi connectivity index (χ2n) is 4.92. The molecule has 0 radical (unpaired) electrons. The number of aliphatic imine (C=N–C) groups is 1. The third-order valence-electron chi connectivity index (χ3n) is 3.15. The lowest BCUT2D eigenvalue weighted by Gasteiger charge is -2.23. The molecule has 0 unspecified atom stereocenters. The lowest BCUT2D eigenvalue weighted by molar-refractivity contribution is -0.120. The minimum atomic E-state index is -0.0336. The molecule has 22 heavy (non-hydrogen) atoms. The number of para-hydroxylation sites is 1. The van der Waals surface area contributed by atoms with E-state index in [9.17, 15) is 4.79 Å². The van der Waals surface area contributed by atoms with Crippen molar-refractivity contribution in [2.75, 3.05) is 34.3 Å². The van der Waals surface area contributed by atoms with E-state index in [1.807, 2.05) is 43.1 Å². The second kappa shape index (κ2) is 9.65. The van der Waals surface area contributed by atoms with Gasteiger partial charge in [-0.25, -0.2) is 0 Å². The van der Waals surface area contributed by atoms with Gasteiger partial charge in [-0.2, -0.15) is 0 Å². The molecule has 0 fully saturated rings. The Morgan fingerprint density at radius 2 is 2.05 bits per heavy atom. The molecule has 0 aliphatic carbocycles. The molecule has 0 bridgehead atoms. The number of hydrogen-bond acceptors (Lipinski definition) is 3. The van der Waals surface area contributed by atoms with Gasteiger partial charge in [0.15, 0.2) is 5.96 Å². The zero-order chi connectivity index (χ0) is 16.4. The van der Waals surface area contributed by atoms with Crippen molar-refractivity contribution < 1.29 is 9.53 Å².